The number of nitrogens with zero attached hydrogens (tertiary/aromatic N) is 2. The van der Waals surface area contributed by atoms with E-state index in [2.05, 4.69) is 0 Å². The lowest BCUT2D eigenvalue weighted by Crippen LogP contribution is -2.54. The van der Waals surface area contributed by atoms with Gasteiger partial charge < -0.3 is 9.80 Å². The van der Waals surface area contributed by atoms with Gasteiger partial charge in [0.1, 0.15) is 0 Å². The molecule has 1 atom stereocenters. The van der Waals surface area contributed by atoms with Gasteiger partial charge in [0, 0.05) is 37.8 Å². The normalized spacial score (nSPS) is 20.4. The van der Waals surface area contributed by atoms with Gasteiger partial charge in [-0.25, -0.2) is 0 Å². The Labute approximate surface area is 127 Å². The van der Waals surface area contributed by atoms with E-state index < -0.39 is 0 Å². The van der Waals surface area contributed by atoms with Gasteiger partial charge >= 0.3 is 0 Å². The lowest BCUT2D eigenvalue weighted by atomic mass is 10.1. The fraction of sp³-hybridized carbons (Fsp3) is 0.412. The molecule has 2 amide bonds. The summed E-state index contributed by atoms with van der Waals surface area (Å²) in [7, 11) is 0. The molecule has 114 valence electrons. The first kappa shape index (κ1) is 17.0. The molecule has 1 heterocycles. The van der Waals surface area contributed by atoms with Crippen LogP contribution < -0.4 is 0 Å². The van der Waals surface area contributed by atoms with Gasteiger partial charge in [-0.05, 0) is 20.8 Å². The molecule has 0 aromatic carbocycles. The number of rotatable bonds is 4. The first-order chi connectivity index (χ1) is 10.1. The SMILES string of the molecule is CC=CC=CC(=O)N1CCN(C(=O)C=CC=CC)[C@@H](C)C1. The van der Waals surface area contributed by atoms with Crippen molar-refractivity contribution in [3.63, 3.8) is 0 Å². The molecule has 1 rings (SSSR count). The number of carbonyl (C=O) groups is 2. The first-order valence-corrected chi connectivity index (χ1v) is 7.28. The third kappa shape index (κ3) is 5.42. The molecule has 1 saturated heterocycles. The van der Waals surface area contributed by atoms with Crippen molar-refractivity contribution >= 4 is 11.8 Å². The Bertz CT molecular complexity index is 475. The van der Waals surface area contributed by atoms with E-state index in [1.54, 1.807) is 34.1 Å². The smallest absolute Gasteiger partial charge is 0.246 e. The summed E-state index contributed by atoms with van der Waals surface area (Å²) in [6, 6.07) is 0.0283. The molecular weight excluding hydrogens is 264 g/mol. The van der Waals surface area contributed by atoms with E-state index in [1.807, 2.05) is 45.1 Å². The lowest BCUT2D eigenvalue weighted by Gasteiger charge is -2.39. The van der Waals surface area contributed by atoms with Crippen LogP contribution in [0.1, 0.15) is 20.8 Å². The molecule has 1 fully saturated rings. The Hall–Kier alpha value is -2.10. The molecule has 1 aliphatic heterocycles. The summed E-state index contributed by atoms with van der Waals surface area (Å²) in [4.78, 5) is 27.6. The Morgan fingerprint density at radius 3 is 2.00 bits per heavy atom. The molecule has 4 heteroatoms. The largest absolute Gasteiger partial charge is 0.335 e. The van der Waals surface area contributed by atoms with Crippen molar-refractivity contribution in [2.75, 3.05) is 19.6 Å². The van der Waals surface area contributed by atoms with Crippen LogP contribution in [0.2, 0.25) is 0 Å². The number of hydrogen-bond donors (Lipinski definition) is 0. The molecule has 0 aliphatic carbocycles. The summed E-state index contributed by atoms with van der Waals surface area (Å²) in [5.41, 5.74) is 0. The van der Waals surface area contributed by atoms with Gasteiger partial charge in [-0.1, -0.05) is 36.5 Å². The van der Waals surface area contributed by atoms with Gasteiger partial charge in [0.2, 0.25) is 11.8 Å². The fourth-order valence-electron chi connectivity index (χ4n) is 2.18. The van der Waals surface area contributed by atoms with Crippen LogP contribution in [0.25, 0.3) is 0 Å². The van der Waals surface area contributed by atoms with E-state index in [0.29, 0.717) is 19.6 Å². The van der Waals surface area contributed by atoms with Crippen molar-refractivity contribution in [1.29, 1.82) is 0 Å². The van der Waals surface area contributed by atoms with Crippen molar-refractivity contribution in [3.05, 3.63) is 48.6 Å². The van der Waals surface area contributed by atoms with Crippen molar-refractivity contribution < 1.29 is 9.59 Å². The predicted octanol–water partition coefficient (Wildman–Crippen LogP) is 2.31. The topological polar surface area (TPSA) is 40.6 Å². The average molecular weight is 288 g/mol. The standard InChI is InChI=1S/C17H24N2O2/c1-4-6-8-10-16(20)18-12-13-19(15(3)14-18)17(21)11-9-7-5-2/h4-11,15H,12-14H2,1-3H3/t15-/m0/s1. The third-order valence-corrected chi connectivity index (χ3v) is 3.31. The second kappa shape index (κ2) is 8.95. The number of allylic oxidation sites excluding steroid dienone is 6. The zero-order chi connectivity index (χ0) is 15.7. The Morgan fingerprint density at radius 2 is 1.48 bits per heavy atom. The molecule has 0 aromatic heterocycles. The Morgan fingerprint density at radius 1 is 0.905 bits per heavy atom. The molecule has 0 spiro atoms. The van der Waals surface area contributed by atoms with Crippen LogP contribution in [0.3, 0.4) is 0 Å². The molecule has 4 nitrogen and oxygen atoms in total. The van der Waals surface area contributed by atoms with E-state index in [0.717, 1.165) is 0 Å². The minimum absolute atomic E-state index is 0.00263. The van der Waals surface area contributed by atoms with E-state index >= 15 is 0 Å². The molecule has 0 unspecified atom stereocenters. The molecule has 0 radical (unpaired) electrons. The van der Waals surface area contributed by atoms with Crippen LogP contribution in [0, 0.1) is 0 Å². The van der Waals surface area contributed by atoms with Crippen LogP contribution >= 0.6 is 0 Å². The van der Waals surface area contributed by atoms with Crippen LogP contribution in [0.4, 0.5) is 0 Å². The summed E-state index contributed by atoms with van der Waals surface area (Å²) in [6.45, 7) is 7.50. The van der Waals surface area contributed by atoms with Crippen molar-refractivity contribution in [3.8, 4) is 0 Å². The van der Waals surface area contributed by atoms with E-state index in [-0.39, 0.29) is 17.9 Å². The second-order valence-corrected chi connectivity index (χ2v) is 4.93. The zero-order valence-electron chi connectivity index (χ0n) is 13.0. The second-order valence-electron chi connectivity index (χ2n) is 4.93. The number of amides is 2. The molecule has 0 saturated carbocycles. The molecule has 21 heavy (non-hydrogen) atoms. The molecule has 1 aliphatic rings. The quantitative estimate of drug-likeness (QED) is 0.588. The summed E-state index contributed by atoms with van der Waals surface area (Å²) in [5.74, 6) is -0.00587. The highest BCUT2D eigenvalue weighted by atomic mass is 16.2. The summed E-state index contributed by atoms with van der Waals surface area (Å²) in [6.07, 6.45) is 14.0. The number of hydrogen-bond acceptors (Lipinski definition) is 2. The van der Waals surface area contributed by atoms with Crippen LogP contribution in [-0.4, -0.2) is 47.3 Å². The van der Waals surface area contributed by atoms with Crippen LogP contribution in [-0.2, 0) is 9.59 Å². The third-order valence-electron chi connectivity index (χ3n) is 3.31. The summed E-state index contributed by atoms with van der Waals surface area (Å²) < 4.78 is 0. The van der Waals surface area contributed by atoms with Gasteiger partial charge in [0.25, 0.3) is 0 Å². The Kier molecular flexibility index (Phi) is 7.23. The van der Waals surface area contributed by atoms with E-state index in [1.165, 1.54) is 0 Å². The maximum absolute atomic E-state index is 12.0. The van der Waals surface area contributed by atoms with Gasteiger partial charge in [-0.15, -0.1) is 0 Å². The molecular formula is C17H24N2O2. The van der Waals surface area contributed by atoms with Crippen molar-refractivity contribution in [2.45, 2.75) is 26.8 Å². The van der Waals surface area contributed by atoms with Gasteiger partial charge in [-0.3, -0.25) is 9.59 Å². The highest BCUT2D eigenvalue weighted by Gasteiger charge is 2.27. The fourth-order valence-corrected chi connectivity index (χ4v) is 2.18. The van der Waals surface area contributed by atoms with Crippen molar-refractivity contribution in [2.24, 2.45) is 0 Å². The monoisotopic (exact) mass is 288 g/mol. The predicted molar refractivity (Wildman–Crippen MR) is 85.7 cm³/mol. The van der Waals surface area contributed by atoms with E-state index in [4.69, 9.17) is 0 Å². The summed E-state index contributed by atoms with van der Waals surface area (Å²) in [5, 5.41) is 0. The van der Waals surface area contributed by atoms with Gasteiger partial charge in [0.15, 0.2) is 0 Å². The number of piperazine rings is 1. The van der Waals surface area contributed by atoms with Crippen molar-refractivity contribution in [1.82, 2.24) is 9.80 Å². The van der Waals surface area contributed by atoms with Crippen LogP contribution in [0.5, 0.6) is 0 Å². The Balaban J connectivity index is 2.57. The van der Waals surface area contributed by atoms with Gasteiger partial charge in [-0.2, -0.15) is 0 Å². The molecule has 0 bridgehead atoms. The highest BCUT2D eigenvalue weighted by Crippen LogP contribution is 2.11. The van der Waals surface area contributed by atoms with Crippen LogP contribution in [0.15, 0.2) is 48.6 Å². The minimum atomic E-state index is -0.00323. The maximum atomic E-state index is 12.0. The zero-order valence-corrected chi connectivity index (χ0v) is 13.0. The highest BCUT2D eigenvalue weighted by molar-refractivity contribution is 5.90. The summed E-state index contributed by atoms with van der Waals surface area (Å²) >= 11 is 0. The molecule has 0 N–H and O–H groups in total. The van der Waals surface area contributed by atoms with Gasteiger partial charge in [0.05, 0.1) is 0 Å². The molecule has 0 aromatic rings. The lowest BCUT2D eigenvalue weighted by molar-refractivity contribution is -0.136. The van der Waals surface area contributed by atoms with E-state index in [9.17, 15) is 9.59 Å². The number of carbonyl (C=O) groups excluding carboxylic acids is 2. The minimum Gasteiger partial charge on any atom is -0.335 e. The maximum Gasteiger partial charge on any atom is 0.246 e. The first-order valence-electron chi connectivity index (χ1n) is 7.28. The average Bonchev–Trinajstić information content (AvgIpc) is 2.47.